The zero-order valence-corrected chi connectivity index (χ0v) is 52.6. The van der Waals surface area contributed by atoms with E-state index in [2.05, 4.69) is 325 Å². The van der Waals surface area contributed by atoms with Crippen LogP contribution in [0.2, 0.25) is 0 Å². The number of nitrogens with zero attached hydrogens (tertiary/aromatic N) is 5. The van der Waals surface area contributed by atoms with Gasteiger partial charge in [0, 0.05) is 27.1 Å². The highest BCUT2D eigenvalue weighted by Gasteiger charge is 2.41. The van der Waals surface area contributed by atoms with Gasteiger partial charge in [-0.25, -0.2) is 0 Å². The van der Waals surface area contributed by atoms with Gasteiger partial charge in [-0.1, -0.05) is 212 Å². The molecule has 0 unspecified atom stereocenters. The van der Waals surface area contributed by atoms with E-state index in [0.29, 0.717) is 17.7 Å². The van der Waals surface area contributed by atoms with Crippen LogP contribution in [-0.4, -0.2) is 32.2 Å². The third-order valence-electron chi connectivity index (χ3n) is 18.8. The highest BCUT2D eigenvalue weighted by molar-refractivity contribution is 7.19. The van der Waals surface area contributed by atoms with Crippen molar-refractivity contribution in [3.05, 3.63) is 305 Å². The first-order valence-corrected chi connectivity index (χ1v) is 32.9. The van der Waals surface area contributed by atoms with Gasteiger partial charge in [-0.15, -0.1) is 0 Å². The van der Waals surface area contributed by atoms with Gasteiger partial charge in [-0.3, -0.25) is 9.13 Å². The average molecular weight is 1160 g/mol. The first-order chi connectivity index (χ1) is 43.4. The minimum absolute atomic E-state index is 0.530. The second-order valence-electron chi connectivity index (χ2n) is 24.4. The van der Waals surface area contributed by atoms with Crippen LogP contribution in [0.3, 0.4) is 0 Å². The van der Waals surface area contributed by atoms with Crippen molar-refractivity contribution in [2.24, 2.45) is 0 Å². The molecule has 0 aliphatic heterocycles. The Hall–Kier alpha value is -10.5. The minimum Gasteiger partial charge on any atom is -0.278 e. The van der Waals surface area contributed by atoms with Gasteiger partial charge < -0.3 is 0 Å². The van der Waals surface area contributed by atoms with E-state index in [1.165, 1.54) is 110 Å². The van der Waals surface area contributed by atoms with Crippen molar-refractivity contribution < 1.29 is 0 Å². The maximum absolute atomic E-state index is 5.81. The Bertz CT molecular complexity index is 4650. The summed E-state index contributed by atoms with van der Waals surface area (Å²) in [6.45, 7) is 17.7. The standard InChI is InChI=1S/C83H67N5Si/c1-52-23-18-24-53(2)77(52)60-39-43-73-69(48-60)70-49-61(78-54(3)25-19-26-55(78)4)40-44-74(70)87(73)82-84-81(64-31-22-38-68(47-64)89(65-32-12-9-13-33-65,66-34-14-10-15-35-66)67-36-16-11-17-37-67)85-83(86-82)88-75-45-41-62(79-56(5)27-20-28-57(79)6)50-71(75)72-51-63(42-46-76(72)88)80-58(7)29-21-30-59(80)8/h9-51H,1-8H3. The lowest BCUT2D eigenvalue weighted by atomic mass is 9.93. The highest BCUT2D eigenvalue weighted by Crippen LogP contribution is 2.42. The van der Waals surface area contributed by atoms with Crippen LogP contribution in [0.1, 0.15) is 44.5 Å². The molecule has 3 heterocycles. The van der Waals surface area contributed by atoms with E-state index in [-0.39, 0.29) is 0 Å². The van der Waals surface area contributed by atoms with E-state index in [1.54, 1.807) is 0 Å². The molecule has 0 aliphatic carbocycles. The number of benzene rings is 12. The van der Waals surface area contributed by atoms with Crippen molar-refractivity contribution in [2.45, 2.75) is 55.4 Å². The molecule has 0 fully saturated rings. The van der Waals surface area contributed by atoms with Crippen molar-refractivity contribution in [3.63, 3.8) is 0 Å². The number of fused-ring (bicyclic) bond motifs is 6. The van der Waals surface area contributed by atoms with Gasteiger partial charge in [0.15, 0.2) is 13.9 Å². The van der Waals surface area contributed by atoms with Gasteiger partial charge in [0.25, 0.3) is 0 Å². The lowest BCUT2D eigenvalue weighted by molar-refractivity contribution is 0.893. The zero-order valence-electron chi connectivity index (χ0n) is 51.6. The topological polar surface area (TPSA) is 48.5 Å². The molecule has 12 aromatic carbocycles. The predicted molar refractivity (Wildman–Crippen MR) is 377 cm³/mol. The summed E-state index contributed by atoms with van der Waals surface area (Å²) in [6.07, 6.45) is 0. The fourth-order valence-electron chi connectivity index (χ4n) is 14.8. The molecule has 0 amide bonds. The monoisotopic (exact) mass is 1160 g/mol. The molecule has 0 radical (unpaired) electrons. The van der Waals surface area contributed by atoms with Gasteiger partial charge in [0.1, 0.15) is 0 Å². The summed E-state index contributed by atoms with van der Waals surface area (Å²) < 4.78 is 4.57. The third-order valence-corrected chi connectivity index (χ3v) is 23.6. The maximum atomic E-state index is 5.81. The number of rotatable bonds is 11. The van der Waals surface area contributed by atoms with Crippen LogP contribution in [-0.2, 0) is 0 Å². The molecule has 0 saturated heterocycles. The molecule has 5 nitrogen and oxygen atoms in total. The summed E-state index contributed by atoms with van der Waals surface area (Å²) in [5, 5.41) is 9.61. The van der Waals surface area contributed by atoms with Crippen LogP contribution in [0.4, 0.5) is 0 Å². The van der Waals surface area contributed by atoms with Crippen molar-refractivity contribution >= 4 is 72.4 Å². The lowest BCUT2D eigenvalue weighted by Crippen LogP contribution is -2.74. The quantitative estimate of drug-likeness (QED) is 0.0958. The molecule has 3 aromatic heterocycles. The summed E-state index contributed by atoms with van der Waals surface area (Å²) in [6, 6.07) is 96.6. The largest absolute Gasteiger partial charge is 0.278 e. The summed E-state index contributed by atoms with van der Waals surface area (Å²) in [5.41, 5.74) is 24.6. The molecule has 428 valence electrons. The Labute approximate surface area is 522 Å². The maximum Gasteiger partial charge on any atom is 0.240 e. The van der Waals surface area contributed by atoms with E-state index in [0.717, 1.165) is 49.2 Å². The Morgan fingerprint density at radius 2 is 0.506 bits per heavy atom. The molecule has 0 saturated carbocycles. The molecule has 15 aromatic rings. The molecule has 0 bridgehead atoms. The molecule has 0 atom stereocenters. The second-order valence-corrected chi connectivity index (χ2v) is 28.2. The van der Waals surface area contributed by atoms with Crippen LogP contribution in [0, 0.1) is 55.4 Å². The summed E-state index contributed by atoms with van der Waals surface area (Å²) >= 11 is 0. The second kappa shape index (κ2) is 22.0. The number of hydrogen-bond donors (Lipinski definition) is 0. The Morgan fingerprint density at radius 1 is 0.236 bits per heavy atom. The number of aromatic nitrogens is 5. The van der Waals surface area contributed by atoms with E-state index < -0.39 is 8.07 Å². The molecular formula is C83H67N5Si. The predicted octanol–water partition coefficient (Wildman–Crippen LogP) is 18.2. The molecule has 89 heavy (non-hydrogen) atoms. The lowest BCUT2D eigenvalue weighted by Gasteiger charge is -2.34. The SMILES string of the molecule is Cc1cccc(C)c1-c1ccc2c(c1)c1cc(-c3c(C)cccc3C)ccc1n2-c1nc(-c2cccc([Si](c3ccccc3)(c3ccccc3)c3ccccc3)c2)nc(-n2c3ccc(-c4c(C)cccc4C)cc3c3cc(-c4c(C)cccc4C)ccc32)n1. The first-order valence-electron chi connectivity index (χ1n) is 30.9. The zero-order chi connectivity index (χ0) is 60.7. The van der Waals surface area contributed by atoms with Crippen molar-refractivity contribution in [1.82, 2.24) is 24.1 Å². The van der Waals surface area contributed by atoms with Crippen LogP contribution in [0.15, 0.2) is 261 Å². The minimum atomic E-state index is -2.99. The smallest absolute Gasteiger partial charge is 0.240 e. The third kappa shape index (κ3) is 9.16. The number of hydrogen-bond acceptors (Lipinski definition) is 3. The van der Waals surface area contributed by atoms with E-state index in [4.69, 9.17) is 15.0 Å². The van der Waals surface area contributed by atoms with Crippen molar-refractivity contribution in [1.29, 1.82) is 0 Å². The summed E-state index contributed by atoms with van der Waals surface area (Å²) in [5.74, 6) is 1.64. The van der Waals surface area contributed by atoms with Gasteiger partial charge in [-0.2, -0.15) is 15.0 Å². The Kier molecular flexibility index (Phi) is 13.6. The molecule has 0 N–H and O–H groups in total. The van der Waals surface area contributed by atoms with Crippen LogP contribution in [0.25, 0.3) is 111 Å². The average Bonchev–Trinajstić information content (AvgIpc) is 1.89. The van der Waals surface area contributed by atoms with E-state index in [9.17, 15) is 0 Å². The highest BCUT2D eigenvalue weighted by atomic mass is 28.3. The fraction of sp³-hybridized carbons (Fsp3) is 0.0964. The van der Waals surface area contributed by atoms with E-state index in [1.807, 2.05) is 0 Å². The van der Waals surface area contributed by atoms with Crippen LogP contribution in [0.5, 0.6) is 0 Å². The number of aryl methyl sites for hydroxylation is 8. The molecule has 0 spiro atoms. The Balaban J connectivity index is 1.05. The van der Waals surface area contributed by atoms with Crippen molar-refractivity contribution in [2.75, 3.05) is 0 Å². The molecular weight excluding hydrogens is 1100 g/mol. The normalized spacial score (nSPS) is 11.8. The molecule has 6 heteroatoms. The van der Waals surface area contributed by atoms with Gasteiger partial charge in [0.05, 0.1) is 22.1 Å². The summed E-state index contributed by atoms with van der Waals surface area (Å²) in [4.78, 5) is 17.3. The fourth-order valence-corrected chi connectivity index (χ4v) is 19.6. The Morgan fingerprint density at radius 3 is 0.798 bits per heavy atom. The van der Waals surface area contributed by atoms with Gasteiger partial charge in [-0.05, 0) is 214 Å². The van der Waals surface area contributed by atoms with Gasteiger partial charge >= 0.3 is 0 Å². The van der Waals surface area contributed by atoms with Gasteiger partial charge in [0.2, 0.25) is 11.9 Å². The first kappa shape index (κ1) is 55.1. The van der Waals surface area contributed by atoms with Crippen LogP contribution >= 0.6 is 0 Å². The molecule has 15 rings (SSSR count). The van der Waals surface area contributed by atoms with Crippen molar-refractivity contribution in [3.8, 4) is 67.8 Å². The van der Waals surface area contributed by atoms with E-state index >= 15 is 0 Å². The molecule has 0 aliphatic rings. The summed E-state index contributed by atoms with van der Waals surface area (Å²) in [7, 11) is -2.99. The van der Waals surface area contributed by atoms with Crippen LogP contribution < -0.4 is 20.7 Å².